The van der Waals surface area contributed by atoms with Crippen molar-refractivity contribution in [1.82, 2.24) is 19.5 Å². The first-order valence-electron chi connectivity index (χ1n) is 10.2. The number of piperidine rings is 1. The van der Waals surface area contributed by atoms with E-state index in [4.69, 9.17) is 14.5 Å². The summed E-state index contributed by atoms with van der Waals surface area (Å²) in [7, 11) is 3.13. The smallest absolute Gasteiger partial charge is 0.272 e. The summed E-state index contributed by atoms with van der Waals surface area (Å²) < 4.78 is 12.0. The first kappa shape index (κ1) is 20.0. The molecule has 1 aliphatic rings. The van der Waals surface area contributed by atoms with Crippen LogP contribution in [0.3, 0.4) is 0 Å². The number of hydrogen-bond donors (Lipinski definition) is 1. The van der Waals surface area contributed by atoms with Crippen LogP contribution in [0.4, 0.5) is 0 Å². The second-order valence-electron chi connectivity index (χ2n) is 7.50. The first-order chi connectivity index (χ1) is 14.5. The summed E-state index contributed by atoms with van der Waals surface area (Å²) in [6.45, 7) is 3.26. The third kappa shape index (κ3) is 3.65. The lowest BCUT2D eigenvalue weighted by atomic mass is 9.93. The molecule has 0 atom stereocenters. The topological polar surface area (TPSA) is 88.9 Å². The molecule has 3 heterocycles. The van der Waals surface area contributed by atoms with Gasteiger partial charge in [-0.3, -0.25) is 14.7 Å². The number of aryl methyl sites for hydroxylation is 1. The minimum absolute atomic E-state index is 0.0481. The Morgan fingerprint density at radius 2 is 1.80 bits per heavy atom. The second kappa shape index (κ2) is 8.22. The fourth-order valence-corrected chi connectivity index (χ4v) is 4.01. The van der Waals surface area contributed by atoms with Gasteiger partial charge >= 0.3 is 0 Å². The highest BCUT2D eigenvalue weighted by Crippen LogP contribution is 2.29. The maximum Gasteiger partial charge on any atom is 0.272 e. The summed E-state index contributed by atoms with van der Waals surface area (Å²) >= 11 is 0. The molecular weight excluding hydrogens is 384 g/mol. The number of methoxy groups -OCH3 is 2. The summed E-state index contributed by atoms with van der Waals surface area (Å²) in [5.74, 6) is 1.28. The number of likely N-dealkylation sites (tertiary alicyclic amines) is 1. The van der Waals surface area contributed by atoms with Crippen LogP contribution in [0, 0.1) is 0 Å². The zero-order chi connectivity index (χ0) is 21.3. The molecule has 2 aromatic heterocycles. The molecule has 3 aromatic rings. The van der Waals surface area contributed by atoms with E-state index in [2.05, 4.69) is 5.10 Å². The van der Waals surface area contributed by atoms with Gasteiger partial charge in [-0.05, 0) is 31.4 Å². The van der Waals surface area contributed by atoms with Crippen molar-refractivity contribution in [3.05, 3.63) is 57.6 Å². The van der Waals surface area contributed by atoms with Crippen LogP contribution >= 0.6 is 0 Å². The lowest BCUT2D eigenvalue weighted by molar-refractivity contribution is 0.0711. The Labute approximate surface area is 174 Å². The third-order valence-corrected chi connectivity index (χ3v) is 5.77. The monoisotopic (exact) mass is 410 g/mol. The van der Waals surface area contributed by atoms with Crippen molar-refractivity contribution >= 4 is 11.6 Å². The Morgan fingerprint density at radius 3 is 2.40 bits per heavy atom. The van der Waals surface area contributed by atoms with Gasteiger partial charge in [0.05, 0.1) is 19.9 Å². The van der Waals surface area contributed by atoms with E-state index in [1.807, 2.05) is 18.0 Å². The Kier molecular flexibility index (Phi) is 5.48. The van der Waals surface area contributed by atoms with Crippen LogP contribution in [0.2, 0.25) is 0 Å². The predicted octanol–water partition coefficient (Wildman–Crippen LogP) is 2.62. The summed E-state index contributed by atoms with van der Waals surface area (Å²) in [5.41, 5.74) is 2.97. The minimum Gasteiger partial charge on any atom is -0.497 e. The number of hydrogen-bond acceptors (Lipinski definition) is 5. The molecular formula is C22H26N4O4. The van der Waals surface area contributed by atoms with E-state index >= 15 is 0 Å². The molecule has 1 aliphatic heterocycles. The zero-order valence-corrected chi connectivity index (χ0v) is 17.5. The number of nitrogens with zero attached hydrogens (tertiary/aromatic N) is 3. The molecule has 158 valence electrons. The van der Waals surface area contributed by atoms with Crippen LogP contribution in [0.5, 0.6) is 11.5 Å². The number of H-pyrrole nitrogens is 1. The van der Waals surface area contributed by atoms with E-state index in [0.29, 0.717) is 35.8 Å². The van der Waals surface area contributed by atoms with Crippen molar-refractivity contribution in [3.63, 3.8) is 0 Å². The predicted molar refractivity (Wildman–Crippen MR) is 113 cm³/mol. The highest BCUT2D eigenvalue weighted by atomic mass is 16.5. The van der Waals surface area contributed by atoms with Gasteiger partial charge < -0.3 is 14.4 Å². The molecule has 0 aliphatic carbocycles. The SMILES string of the molecule is CCc1c[nH]n2c(=O)cc(C3CCN(C(=O)c4cc(OC)cc(OC)c4)CC3)nc12. The fraction of sp³-hybridized carbons (Fsp3) is 0.409. The number of fused-ring (bicyclic) bond motifs is 1. The number of carbonyl (C=O) groups is 1. The normalized spacial score (nSPS) is 14.8. The molecule has 0 spiro atoms. The molecule has 1 fully saturated rings. The van der Waals surface area contributed by atoms with Gasteiger partial charge in [-0.25, -0.2) is 9.50 Å². The third-order valence-electron chi connectivity index (χ3n) is 5.77. The van der Waals surface area contributed by atoms with E-state index in [1.165, 1.54) is 4.52 Å². The maximum absolute atomic E-state index is 13.0. The summed E-state index contributed by atoms with van der Waals surface area (Å²) in [6.07, 6.45) is 4.17. The number of aromatic amines is 1. The van der Waals surface area contributed by atoms with E-state index in [1.54, 1.807) is 38.5 Å². The van der Waals surface area contributed by atoms with Crippen LogP contribution in [0.1, 0.15) is 47.3 Å². The summed E-state index contributed by atoms with van der Waals surface area (Å²) in [6, 6.07) is 6.81. The van der Waals surface area contributed by atoms with Gasteiger partial charge in [0.1, 0.15) is 11.5 Å². The van der Waals surface area contributed by atoms with Crippen LogP contribution in [0.15, 0.2) is 35.3 Å². The van der Waals surface area contributed by atoms with Gasteiger partial charge in [-0.15, -0.1) is 0 Å². The molecule has 0 saturated carbocycles. The van der Waals surface area contributed by atoms with E-state index < -0.39 is 0 Å². The molecule has 1 saturated heterocycles. The molecule has 0 radical (unpaired) electrons. The van der Waals surface area contributed by atoms with Crippen molar-refractivity contribution in [1.29, 1.82) is 0 Å². The summed E-state index contributed by atoms with van der Waals surface area (Å²) in [4.78, 5) is 32.0. The van der Waals surface area contributed by atoms with Crippen LogP contribution in [0.25, 0.3) is 5.65 Å². The highest BCUT2D eigenvalue weighted by molar-refractivity contribution is 5.95. The number of amides is 1. The van der Waals surface area contributed by atoms with E-state index in [9.17, 15) is 9.59 Å². The Morgan fingerprint density at radius 1 is 1.13 bits per heavy atom. The lowest BCUT2D eigenvalue weighted by Crippen LogP contribution is -2.38. The number of benzene rings is 1. The number of ether oxygens (including phenoxy) is 2. The quantitative estimate of drug-likeness (QED) is 0.699. The van der Waals surface area contributed by atoms with Crippen LogP contribution in [-0.2, 0) is 6.42 Å². The zero-order valence-electron chi connectivity index (χ0n) is 17.5. The molecule has 8 nitrogen and oxygen atoms in total. The van der Waals surface area contributed by atoms with Gasteiger partial charge in [-0.1, -0.05) is 6.92 Å². The molecule has 0 bridgehead atoms. The minimum atomic E-state index is -0.100. The molecule has 1 amide bonds. The van der Waals surface area contributed by atoms with Gasteiger partial charge in [0, 0.05) is 48.5 Å². The maximum atomic E-state index is 13.0. The van der Waals surface area contributed by atoms with Gasteiger partial charge in [0.15, 0.2) is 5.65 Å². The molecule has 8 heteroatoms. The molecule has 30 heavy (non-hydrogen) atoms. The average molecular weight is 410 g/mol. The van der Waals surface area contributed by atoms with Gasteiger partial charge in [0.25, 0.3) is 11.5 Å². The number of nitrogens with one attached hydrogen (secondary N) is 1. The van der Waals surface area contributed by atoms with Gasteiger partial charge in [-0.2, -0.15) is 0 Å². The molecule has 0 unspecified atom stereocenters. The number of carbonyl (C=O) groups excluding carboxylic acids is 1. The van der Waals surface area contributed by atoms with Crippen LogP contribution in [-0.4, -0.2) is 52.7 Å². The van der Waals surface area contributed by atoms with E-state index in [-0.39, 0.29) is 17.4 Å². The number of rotatable bonds is 5. The second-order valence-corrected chi connectivity index (χ2v) is 7.50. The molecule has 1 aromatic carbocycles. The van der Waals surface area contributed by atoms with Crippen molar-refractivity contribution in [2.45, 2.75) is 32.1 Å². The standard InChI is InChI=1S/C22H26N4O4/c1-4-14-13-23-26-20(27)12-19(24-21(14)26)15-5-7-25(8-6-15)22(28)16-9-17(29-2)11-18(10-16)30-3/h9-13,15,23H,4-8H2,1-3H3. The van der Waals surface area contributed by atoms with Gasteiger partial charge in [0.2, 0.25) is 0 Å². The first-order valence-corrected chi connectivity index (χ1v) is 10.2. The fourth-order valence-electron chi connectivity index (χ4n) is 4.01. The summed E-state index contributed by atoms with van der Waals surface area (Å²) in [5, 5.41) is 2.96. The van der Waals surface area contributed by atoms with Crippen molar-refractivity contribution in [3.8, 4) is 11.5 Å². The Hall–Kier alpha value is -3.29. The van der Waals surface area contributed by atoms with Crippen molar-refractivity contribution in [2.75, 3.05) is 27.3 Å². The van der Waals surface area contributed by atoms with Crippen molar-refractivity contribution in [2.24, 2.45) is 0 Å². The Balaban J connectivity index is 1.51. The Bertz CT molecular complexity index is 1100. The average Bonchev–Trinajstić information content (AvgIpc) is 3.22. The lowest BCUT2D eigenvalue weighted by Gasteiger charge is -2.32. The van der Waals surface area contributed by atoms with E-state index in [0.717, 1.165) is 30.5 Å². The number of aromatic nitrogens is 3. The molecule has 4 rings (SSSR count). The highest BCUT2D eigenvalue weighted by Gasteiger charge is 2.27. The van der Waals surface area contributed by atoms with Crippen LogP contribution < -0.4 is 15.0 Å². The largest absolute Gasteiger partial charge is 0.497 e. The van der Waals surface area contributed by atoms with Crippen molar-refractivity contribution < 1.29 is 14.3 Å². The molecule has 1 N–H and O–H groups in total.